The molecule has 1 aliphatic rings. The van der Waals surface area contributed by atoms with Crippen LogP contribution in [0.5, 0.6) is 0 Å². The van der Waals surface area contributed by atoms with Gasteiger partial charge in [-0.3, -0.25) is 4.79 Å². The molecule has 0 N–H and O–H groups in total. The Kier molecular flexibility index (Phi) is 4.92. The van der Waals surface area contributed by atoms with Crippen molar-refractivity contribution in [3.05, 3.63) is 58.6 Å². The minimum absolute atomic E-state index is 0.0770. The second kappa shape index (κ2) is 7.38. The average molecular weight is 448 g/mol. The van der Waals surface area contributed by atoms with Gasteiger partial charge in [-0.1, -0.05) is 33.3 Å². The first-order chi connectivity index (χ1) is 13.4. The summed E-state index contributed by atoms with van der Waals surface area (Å²) in [5.74, 6) is -2.97. The van der Waals surface area contributed by atoms with E-state index in [2.05, 4.69) is 31.2 Å². The first-order valence-electron chi connectivity index (χ1n) is 8.75. The summed E-state index contributed by atoms with van der Waals surface area (Å²) in [4.78, 5) is 18.6. The van der Waals surface area contributed by atoms with Crippen molar-refractivity contribution in [1.29, 1.82) is 0 Å². The normalized spacial score (nSPS) is 17.1. The Labute approximate surface area is 168 Å². The van der Waals surface area contributed by atoms with Gasteiger partial charge in [0.25, 0.3) is 11.8 Å². The number of benzene rings is 2. The second-order valence-corrected chi connectivity index (χ2v) is 7.47. The number of nitrogens with zero attached hydrogens (tertiary/aromatic N) is 5. The van der Waals surface area contributed by atoms with Crippen molar-refractivity contribution in [1.82, 2.24) is 19.9 Å². The maximum Gasteiger partial charge on any atom is 0.280 e. The van der Waals surface area contributed by atoms with Gasteiger partial charge in [0.15, 0.2) is 0 Å². The van der Waals surface area contributed by atoms with Crippen molar-refractivity contribution in [2.24, 2.45) is 4.99 Å². The maximum absolute atomic E-state index is 13.6. The van der Waals surface area contributed by atoms with Gasteiger partial charge in [0.1, 0.15) is 5.52 Å². The van der Waals surface area contributed by atoms with Crippen LogP contribution in [0.2, 0.25) is 0 Å². The SMILES string of the molecule is O=C(N=C(N1CCC(F)(F)CC1)n1nnc2ccccc21)c1ccc(Br)cc1. The highest BCUT2D eigenvalue weighted by Gasteiger charge is 2.36. The van der Waals surface area contributed by atoms with Crippen LogP contribution in [0.4, 0.5) is 8.78 Å². The van der Waals surface area contributed by atoms with Crippen molar-refractivity contribution in [3.63, 3.8) is 0 Å². The van der Waals surface area contributed by atoms with Crippen molar-refractivity contribution in [3.8, 4) is 0 Å². The fourth-order valence-corrected chi connectivity index (χ4v) is 3.31. The lowest BCUT2D eigenvalue weighted by molar-refractivity contribution is -0.0439. The Balaban J connectivity index is 1.75. The highest BCUT2D eigenvalue weighted by Crippen LogP contribution is 2.28. The number of para-hydroxylation sites is 1. The largest absolute Gasteiger partial charge is 0.340 e. The Morgan fingerprint density at radius 1 is 1.07 bits per heavy atom. The van der Waals surface area contributed by atoms with Crippen molar-refractivity contribution in [2.75, 3.05) is 13.1 Å². The summed E-state index contributed by atoms with van der Waals surface area (Å²) < 4.78 is 29.5. The van der Waals surface area contributed by atoms with Gasteiger partial charge in [-0.25, -0.2) is 8.78 Å². The molecule has 0 radical (unpaired) electrons. The van der Waals surface area contributed by atoms with Crippen LogP contribution in [0.15, 0.2) is 58.0 Å². The fraction of sp³-hybridized carbons (Fsp3) is 0.263. The minimum atomic E-state index is -2.71. The van der Waals surface area contributed by atoms with Crippen molar-refractivity contribution < 1.29 is 13.6 Å². The molecule has 0 bridgehead atoms. The molecule has 2 heterocycles. The third kappa shape index (κ3) is 3.80. The molecule has 1 fully saturated rings. The Bertz CT molecular complexity index is 1040. The number of amides is 1. The molecule has 144 valence electrons. The van der Waals surface area contributed by atoms with E-state index in [0.717, 1.165) is 4.47 Å². The monoisotopic (exact) mass is 447 g/mol. The summed E-state index contributed by atoms with van der Waals surface area (Å²) in [7, 11) is 0. The standard InChI is InChI=1S/C19H16BrF2N5O/c20-14-7-5-13(6-8-14)17(28)23-18(26-11-9-19(21,22)10-12-26)27-16-4-2-1-3-15(16)24-25-27/h1-8H,9-12H2. The first kappa shape index (κ1) is 18.7. The molecule has 4 rings (SSSR count). The second-order valence-electron chi connectivity index (χ2n) is 6.56. The van der Waals surface area contributed by atoms with Crippen LogP contribution in [-0.2, 0) is 0 Å². The summed E-state index contributed by atoms with van der Waals surface area (Å²) in [5.41, 5.74) is 1.68. The highest BCUT2D eigenvalue weighted by atomic mass is 79.9. The zero-order valence-corrected chi connectivity index (χ0v) is 16.3. The Hall–Kier alpha value is -2.68. The molecule has 0 saturated carbocycles. The summed E-state index contributed by atoms with van der Waals surface area (Å²) in [6.45, 7) is 0.154. The molecule has 6 nitrogen and oxygen atoms in total. The van der Waals surface area contributed by atoms with E-state index in [1.807, 2.05) is 12.1 Å². The van der Waals surface area contributed by atoms with Gasteiger partial charge in [0.05, 0.1) is 5.52 Å². The van der Waals surface area contributed by atoms with E-state index in [1.165, 1.54) is 4.68 Å². The van der Waals surface area contributed by atoms with E-state index in [1.54, 1.807) is 41.3 Å². The molecular weight excluding hydrogens is 432 g/mol. The quantitative estimate of drug-likeness (QED) is 0.418. The van der Waals surface area contributed by atoms with E-state index in [0.29, 0.717) is 16.6 Å². The number of hydrogen-bond donors (Lipinski definition) is 0. The van der Waals surface area contributed by atoms with E-state index in [9.17, 15) is 13.6 Å². The lowest BCUT2D eigenvalue weighted by Crippen LogP contribution is -2.46. The van der Waals surface area contributed by atoms with Gasteiger partial charge >= 0.3 is 0 Å². The fourth-order valence-electron chi connectivity index (χ4n) is 3.05. The number of carbonyl (C=O) groups is 1. The molecule has 0 unspecified atom stereocenters. The first-order valence-corrected chi connectivity index (χ1v) is 9.54. The molecule has 0 atom stereocenters. The topological polar surface area (TPSA) is 63.4 Å². The van der Waals surface area contributed by atoms with Crippen LogP contribution in [0.1, 0.15) is 23.2 Å². The van der Waals surface area contributed by atoms with Crippen molar-refractivity contribution in [2.45, 2.75) is 18.8 Å². The molecule has 1 aromatic heterocycles. The number of rotatable bonds is 1. The van der Waals surface area contributed by atoms with Gasteiger partial charge in [0.2, 0.25) is 5.96 Å². The number of fused-ring (bicyclic) bond motifs is 1. The average Bonchev–Trinajstić information content (AvgIpc) is 3.11. The molecule has 1 amide bonds. The molecular formula is C19H16BrF2N5O. The molecule has 28 heavy (non-hydrogen) atoms. The van der Waals surface area contributed by atoms with E-state index in [4.69, 9.17) is 0 Å². The van der Waals surface area contributed by atoms with Crippen LogP contribution < -0.4 is 0 Å². The van der Waals surface area contributed by atoms with Gasteiger partial charge in [-0.15, -0.1) is 5.10 Å². The van der Waals surface area contributed by atoms with Crippen LogP contribution in [0, 0.1) is 0 Å². The number of aliphatic imine (C=N–C) groups is 1. The van der Waals surface area contributed by atoms with Crippen LogP contribution >= 0.6 is 15.9 Å². The van der Waals surface area contributed by atoms with Crippen LogP contribution in [0.25, 0.3) is 11.0 Å². The van der Waals surface area contributed by atoms with Crippen molar-refractivity contribution >= 4 is 38.8 Å². The predicted octanol–water partition coefficient (Wildman–Crippen LogP) is 3.97. The zero-order chi connectivity index (χ0) is 19.7. The Morgan fingerprint density at radius 2 is 1.75 bits per heavy atom. The molecule has 0 aliphatic carbocycles. The summed E-state index contributed by atoms with van der Waals surface area (Å²) in [5, 5.41) is 8.21. The predicted molar refractivity (Wildman–Crippen MR) is 105 cm³/mol. The summed E-state index contributed by atoms with van der Waals surface area (Å²) in [6.07, 6.45) is -0.601. The minimum Gasteiger partial charge on any atom is -0.340 e. The number of halogens is 3. The van der Waals surface area contributed by atoms with Crippen LogP contribution in [-0.4, -0.2) is 50.8 Å². The smallest absolute Gasteiger partial charge is 0.280 e. The third-order valence-electron chi connectivity index (χ3n) is 4.61. The third-order valence-corrected chi connectivity index (χ3v) is 5.14. The lowest BCUT2D eigenvalue weighted by Gasteiger charge is -2.33. The van der Waals surface area contributed by atoms with Gasteiger partial charge < -0.3 is 4.90 Å². The van der Waals surface area contributed by atoms with Gasteiger partial charge in [-0.2, -0.15) is 9.67 Å². The van der Waals surface area contributed by atoms with Gasteiger partial charge in [-0.05, 0) is 36.4 Å². The maximum atomic E-state index is 13.6. The number of likely N-dealkylation sites (tertiary alicyclic amines) is 1. The van der Waals surface area contributed by atoms with E-state index >= 15 is 0 Å². The van der Waals surface area contributed by atoms with E-state index < -0.39 is 11.8 Å². The highest BCUT2D eigenvalue weighted by molar-refractivity contribution is 9.10. The molecule has 0 spiro atoms. The summed E-state index contributed by atoms with van der Waals surface area (Å²) >= 11 is 3.33. The summed E-state index contributed by atoms with van der Waals surface area (Å²) in [6, 6.07) is 14.0. The molecule has 9 heteroatoms. The van der Waals surface area contributed by atoms with Crippen LogP contribution in [0.3, 0.4) is 0 Å². The molecule has 3 aromatic rings. The zero-order valence-electron chi connectivity index (χ0n) is 14.7. The number of alkyl halides is 2. The molecule has 1 aliphatic heterocycles. The molecule has 2 aromatic carbocycles. The van der Waals surface area contributed by atoms with Gasteiger partial charge in [0, 0.05) is 36.0 Å². The number of carbonyl (C=O) groups excluding carboxylic acids is 1. The number of aromatic nitrogens is 3. The molecule has 1 saturated heterocycles. The Morgan fingerprint density at radius 3 is 2.46 bits per heavy atom. The number of hydrogen-bond acceptors (Lipinski definition) is 3. The number of piperidine rings is 1. The van der Waals surface area contributed by atoms with E-state index in [-0.39, 0.29) is 31.9 Å². The lowest BCUT2D eigenvalue weighted by atomic mass is 10.1.